The zero-order valence-corrected chi connectivity index (χ0v) is 24.7. The molecule has 2 rings (SSSR count). The first kappa shape index (κ1) is 34.5. The highest BCUT2D eigenvalue weighted by molar-refractivity contribution is 5.86. The minimum atomic E-state index is -0.998. The first-order chi connectivity index (χ1) is 20.2. The summed E-state index contributed by atoms with van der Waals surface area (Å²) in [5.41, 5.74) is 0.812. The molecule has 0 aromatic heterocycles. The number of rotatable bonds is 18. The molecule has 1 saturated carbocycles. The van der Waals surface area contributed by atoms with Crippen LogP contribution in [-0.2, 0) is 30.5 Å². The average Bonchev–Trinajstić information content (AvgIpc) is 2.99. The van der Waals surface area contributed by atoms with Crippen molar-refractivity contribution in [1.82, 2.24) is 16.0 Å². The summed E-state index contributed by atoms with van der Waals surface area (Å²) in [6, 6.07) is 7.30. The average molecular weight is 586 g/mol. The van der Waals surface area contributed by atoms with E-state index in [1.54, 1.807) is 13.0 Å². The molecule has 1 aliphatic rings. The van der Waals surface area contributed by atoms with E-state index in [2.05, 4.69) is 29.1 Å². The van der Waals surface area contributed by atoms with Crippen LogP contribution in [0.5, 0.6) is 0 Å². The van der Waals surface area contributed by atoms with Crippen LogP contribution in [0.1, 0.15) is 70.3 Å². The summed E-state index contributed by atoms with van der Waals surface area (Å²) in [6.45, 7) is 8.83. The molecule has 0 saturated heterocycles. The minimum Gasteiger partial charge on any atom is -0.462 e. The molecule has 10 nitrogen and oxygen atoms in total. The fourth-order valence-electron chi connectivity index (χ4n) is 4.97. The second-order valence-corrected chi connectivity index (χ2v) is 10.9. The lowest BCUT2D eigenvalue weighted by atomic mass is 9.84. The number of allylic oxidation sites excluding steroid dienone is 1. The molecule has 0 bridgehead atoms. The SMILES string of the molecule is C=CCC(CC(=O)NC(C)CO)C(=O)NC(COC(=O)C(CC=C)NC(=O)OCc1ccccc1)CC1CCCCC1. The van der Waals surface area contributed by atoms with Crippen molar-refractivity contribution < 1.29 is 33.8 Å². The van der Waals surface area contributed by atoms with Crippen molar-refractivity contribution >= 4 is 23.9 Å². The van der Waals surface area contributed by atoms with E-state index in [9.17, 15) is 24.3 Å². The van der Waals surface area contributed by atoms with Gasteiger partial charge in [-0.15, -0.1) is 13.2 Å². The van der Waals surface area contributed by atoms with Gasteiger partial charge in [-0.2, -0.15) is 0 Å². The second kappa shape index (κ2) is 19.5. The van der Waals surface area contributed by atoms with Crippen LogP contribution in [0, 0.1) is 11.8 Å². The van der Waals surface area contributed by atoms with Gasteiger partial charge in [0.05, 0.1) is 18.6 Å². The van der Waals surface area contributed by atoms with Crippen LogP contribution in [0.4, 0.5) is 4.79 Å². The number of hydrogen-bond donors (Lipinski definition) is 4. The van der Waals surface area contributed by atoms with Crippen molar-refractivity contribution in [2.45, 2.75) is 89.4 Å². The van der Waals surface area contributed by atoms with E-state index in [0.29, 0.717) is 18.8 Å². The van der Waals surface area contributed by atoms with E-state index < -0.39 is 36.1 Å². The number of nitrogens with one attached hydrogen (secondary N) is 3. The molecule has 0 radical (unpaired) electrons. The van der Waals surface area contributed by atoms with Gasteiger partial charge in [0.2, 0.25) is 11.8 Å². The number of aliphatic hydroxyl groups is 1. The van der Waals surface area contributed by atoms with Crippen molar-refractivity contribution in [3.8, 4) is 0 Å². The van der Waals surface area contributed by atoms with Crippen LogP contribution in [0.25, 0.3) is 0 Å². The van der Waals surface area contributed by atoms with E-state index >= 15 is 0 Å². The molecule has 10 heteroatoms. The van der Waals surface area contributed by atoms with Gasteiger partial charge in [-0.1, -0.05) is 74.6 Å². The largest absolute Gasteiger partial charge is 0.462 e. The molecule has 0 heterocycles. The highest BCUT2D eigenvalue weighted by Crippen LogP contribution is 2.27. The number of carbonyl (C=O) groups excluding carboxylic acids is 4. The number of esters is 1. The summed E-state index contributed by atoms with van der Waals surface area (Å²) < 4.78 is 10.9. The minimum absolute atomic E-state index is 0.0564. The maximum atomic E-state index is 13.3. The Bertz CT molecular complexity index is 1010. The lowest BCUT2D eigenvalue weighted by Gasteiger charge is -2.28. The van der Waals surface area contributed by atoms with Crippen molar-refractivity contribution in [3.63, 3.8) is 0 Å². The number of aliphatic hydroxyl groups excluding tert-OH is 1. The highest BCUT2D eigenvalue weighted by Gasteiger charge is 2.28. The van der Waals surface area contributed by atoms with E-state index in [1.165, 1.54) is 12.5 Å². The predicted octanol–water partition coefficient (Wildman–Crippen LogP) is 3.94. The number of ether oxygens (including phenoxy) is 2. The van der Waals surface area contributed by atoms with E-state index in [0.717, 1.165) is 31.2 Å². The Kier molecular flexibility index (Phi) is 16.0. The molecular weight excluding hydrogens is 538 g/mol. The van der Waals surface area contributed by atoms with Crippen LogP contribution < -0.4 is 16.0 Å². The van der Waals surface area contributed by atoms with Gasteiger partial charge in [-0.05, 0) is 37.7 Å². The van der Waals surface area contributed by atoms with Gasteiger partial charge in [-0.25, -0.2) is 9.59 Å². The standard InChI is InChI=1S/C32H47N3O7/c1-4-12-26(19-29(37)33-23(3)20-36)30(38)34-27(18-24-14-8-6-9-15-24)22-41-31(39)28(13-5-2)35-32(40)42-21-25-16-10-7-11-17-25/h4-5,7,10-11,16-17,23-24,26-28,36H,1-2,6,8-9,12-15,18-22H2,3H3,(H,33,37)(H,34,38)(H,35,40). The third kappa shape index (κ3) is 13.3. The second-order valence-electron chi connectivity index (χ2n) is 10.9. The number of carbonyl (C=O) groups is 4. The molecule has 4 N–H and O–H groups in total. The Morgan fingerprint density at radius 2 is 1.67 bits per heavy atom. The van der Waals surface area contributed by atoms with Crippen LogP contribution >= 0.6 is 0 Å². The van der Waals surface area contributed by atoms with Gasteiger partial charge < -0.3 is 30.5 Å². The zero-order chi connectivity index (χ0) is 30.7. The Hall–Kier alpha value is -3.66. The first-order valence-electron chi connectivity index (χ1n) is 14.8. The van der Waals surface area contributed by atoms with E-state index in [4.69, 9.17) is 9.47 Å². The van der Waals surface area contributed by atoms with Crippen LogP contribution in [-0.4, -0.2) is 60.3 Å². The van der Waals surface area contributed by atoms with E-state index in [1.807, 2.05) is 30.3 Å². The first-order valence-corrected chi connectivity index (χ1v) is 14.8. The summed E-state index contributed by atoms with van der Waals surface area (Å²) in [7, 11) is 0. The lowest BCUT2D eigenvalue weighted by molar-refractivity contribution is -0.147. The molecule has 1 fully saturated rings. The molecule has 1 aromatic rings. The summed E-state index contributed by atoms with van der Waals surface area (Å²) in [4.78, 5) is 51.1. The van der Waals surface area contributed by atoms with Gasteiger partial charge >= 0.3 is 12.1 Å². The van der Waals surface area contributed by atoms with Crippen LogP contribution in [0.15, 0.2) is 55.6 Å². The summed E-state index contributed by atoms with van der Waals surface area (Å²) in [5.74, 6) is -1.61. The molecule has 4 unspecified atom stereocenters. The monoisotopic (exact) mass is 585 g/mol. The predicted molar refractivity (Wildman–Crippen MR) is 160 cm³/mol. The maximum Gasteiger partial charge on any atom is 0.408 e. The molecule has 0 spiro atoms. The van der Waals surface area contributed by atoms with Crippen molar-refractivity contribution in [2.75, 3.05) is 13.2 Å². The smallest absolute Gasteiger partial charge is 0.408 e. The Morgan fingerprint density at radius 3 is 2.31 bits per heavy atom. The number of alkyl carbamates (subject to hydrolysis) is 1. The molecule has 42 heavy (non-hydrogen) atoms. The summed E-state index contributed by atoms with van der Waals surface area (Å²) in [5, 5.41) is 17.4. The topological polar surface area (TPSA) is 143 Å². The van der Waals surface area contributed by atoms with Gasteiger partial charge in [0.25, 0.3) is 0 Å². The molecular formula is C32H47N3O7. The fraction of sp³-hybridized carbons (Fsp3) is 0.562. The molecule has 232 valence electrons. The molecule has 1 aromatic carbocycles. The normalized spacial score (nSPS) is 16.1. The van der Waals surface area contributed by atoms with Gasteiger partial charge in [0.15, 0.2) is 0 Å². The van der Waals surface area contributed by atoms with Crippen LogP contribution in [0.2, 0.25) is 0 Å². The zero-order valence-electron chi connectivity index (χ0n) is 24.7. The molecule has 1 aliphatic carbocycles. The van der Waals surface area contributed by atoms with Gasteiger partial charge in [0, 0.05) is 12.5 Å². The van der Waals surface area contributed by atoms with Gasteiger partial charge in [-0.3, -0.25) is 9.59 Å². The Morgan fingerprint density at radius 1 is 0.976 bits per heavy atom. The highest BCUT2D eigenvalue weighted by atomic mass is 16.6. The quantitative estimate of drug-likeness (QED) is 0.151. The summed E-state index contributed by atoms with van der Waals surface area (Å²) >= 11 is 0. The third-order valence-corrected chi connectivity index (χ3v) is 7.24. The van der Waals surface area contributed by atoms with Gasteiger partial charge in [0.1, 0.15) is 19.3 Å². The fourth-order valence-corrected chi connectivity index (χ4v) is 4.97. The number of benzene rings is 1. The molecule has 4 atom stereocenters. The number of amides is 3. The maximum absolute atomic E-state index is 13.3. The Balaban J connectivity index is 2.01. The Labute approximate surface area is 249 Å². The van der Waals surface area contributed by atoms with Crippen LogP contribution in [0.3, 0.4) is 0 Å². The lowest BCUT2D eigenvalue weighted by Crippen LogP contribution is -2.46. The molecule has 0 aliphatic heterocycles. The summed E-state index contributed by atoms with van der Waals surface area (Å²) in [6.07, 6.45) is 8.82. The number of hydrogen-bond acceptors (Lipinski definition) is 7. The van der Waals surface area contributed by atoms with Crippen molar-refractivity contribution in [2.24, 2.45) is 11.8 Å². The molecule has 3 amide bonds. The van der Waals surface area contributed by atoms with E-state index in [-0.39, 0.29) is 44.5 Å². The van der Waals surface area contributed by atoms with Crippen molar-refractivity contribution in [3.05, 3.63) is 61.2 Å². The van der Waals surface area contributed by atoms with Crippen molar-refractivity contribution in [1.29, 1.82) is 0 Å². The third-order valence-electron chi connectivity index (χ3n) is 7.24.